The number of hydrogen-bond donors (Lipinski definition) is 1. The highest BCUT2D eigenvalue weighted by atomic mass is 16.6. The van der Waals surface area contributed by atoms with Crippen molar-refractivity contribution in [2.45, 2.75) is 32.4 Å². The van der Waals surface area contributed by atoms with Gasteiger partial charge in [-0.25, -0.2) is 4.79 Å². The zero-order chi connectivity index (χ0) is 16.8. The van der Waals surface area contributed by atoms with Crippen LogP contribution in [0, 0.1) is 0 Å². The Balaban J connectivity index is 1.48. The average Bonchev–Trinajstić information content (AvgIpc) is 3.03. The van der Waals surface area contributed by atoms with Gasteiger partial charge < -0.3 is 15.0 Å². The molecule has 1 N–H and O–H groups in total. The van der Waals surface area contributed by atoms with Gasteiger partial charge in [-0.3, -0.25) is 4.68 Å². The third-order valence-electron chi connectivity index (χ3n) is 4.21. The number of nitrogens with one attached hydrogen (secondary N) is 1. The second-order valence-electron chi connectivity index (χ2n) is 6.02. The number of likely N-dealkylation sites (tertiary alicyclic amines) is 1. The van der Waals surface area contributed by atoms with E-state index in [1.54, 1.807) is 4.90 Å². The van der Waals surface area contributed by atoms with Crippen LogP contribution in [-0.4, -0.2) is 46.5 Å². The van der Waals surface area contributed by atoms with Gasteiger partial charge in [-0.05, 0) is 25.3 Å². The van der Waals surface area contributed by atoms with Crippen LogP contribution in [-0.2, 0) is 11.3 Å². The van der Waals surface area contributed by atoms with Gasteiger partial charge in [0.1, 0.15) is 0 Å². The summed E-state index contributed by atoms with van der Waals surface area (Å²) < 4.78 is 6.98. The highest BCUT2D eigenvalue weighted by Gasteiger charge is 2.23. The van der Waals surface area contributed by atoms with Gasteiger partial charge in [-0.1, -0.05) is 30.3 Å². The van der Waals surface area contributed by atoms with Crippen LogP contribution in [0.1, 0.15) is 25.3 Å². The van der Waals surface area contributed by atoms with Crippen LogP contribution in [0.3, 0.4) is 0 Å². The summed E-state index contributed by atoms with van der Waals surface area (Å²) in [6, 6.07) is 10.7. The Labute approximate surface area is 142 Å². The number of benzene rings is 1. The molecule has 0 saturated carbocycles. The Morgan fingerprint density at radius 2 is 2.04 bits per heavy atom. The third kappa shape index (κ3) is 4.28. The van der Waals surface area contributed by atoms with E-state index < -0.39 is 0 Å². The molecule has 6 heteroatoms. The van der Waals surface area contributed by atoms with Crippen molar-refractivity contribution in [3.8, 4) is 0 Å². The summed E-state index contributed by atoms with van der Waals surface area (Å²) in [6.45, 7) is 4.49. The highest BCUT2D eigenvalue weighted by molar-refractivity contribution is 5.67. The van der Waals surface area contributed by atoms with Crippen molar-refractivity contribution in [3.05, 3.63) is 48.3 Å². The minimum atomic E-state index is -0.202. The molecule has 6 nitrogen and oxygen atoms in total. The number of rotatable bonds is 5. The number of carbonyl (C=O) groups is 1. The fourth-order valence-electron chi connectivity index (χ4n) is 2.95. The topological polar surface area (TPSA) is 59.4 Å². The lowest BCUT2D eigenvalue weighted by Gasteiger charge is -2.31. The number of nitrogens with zero attached hydrogens (tertiary/aromatic N) is 3. The normalized spacial score (nSPS) is 15.3. The SMILES string of the molecule is CCOC(=O)N1CCC(Nc2cnn(Cc3ccccc3)c2)CC1. The molecule has 1 aliphatic heterocycles. The number of hydrogen-bond acceptors (Lipinski definition) is 4. The summed E-state index contributed by atoms with van der Waals surface area (Å²) in [4.78, 5) is 13.5. The molecule has 1 saturated heterocycles. The van der Waals surface area contributed by atoms with Gasteiger partial charge in [-0.2, -0.15) is 5.10 Å². The Morgan fingerprint density at radius 1 is 1.29 bits per heavy atom. The summed E-state index contributed by atoms with van der Waals surface area (Å²) in [5.74, 6) is 0. The predicted octanol–water partition coefficient (Wildman–Crippen LogP) is 2.96. The van der Waals surface area contributed by atoms with Crippen LogP contribution in [0.5, 0.6) is 0 Å². The van der Waals surface area contributed by atoms with Crippen LogP contribution in [0.15, 0.2) is 42.7 Å². The first kappa shape index (κ1) is 16.4. The largest absolute Gasteiger partial charge is 0.450 e. The zero-order valence-corrected chi connectivity index (χ0v) is 14.0. The molecule has 1 aromatic heterocycles. The summed E-state index contributed by atoms with van der Waals surface area (Å²) in [6.07, 6.45) is 5.53. The molecule has 2 heterocycles. The number of amides is 1. The molecule has 24 heavy (non-hydrogen) atoms. The Bertz CT molecular complexity index is 648. The maximum absolute atomic E-state index is 11.7. The third-order valence-corrected chi connectivity index (χ3v) is 4.21. The van der Waals surface area contributed by atoms with Crippen LogP contribution >= 0.6 is 0 Å². The molecular weight excluding hydrogens is 304 g/mol. The van der Waals surface area contributed by atoms with Crippen molar-refractivity contribution in [1.29, 1.82) is 0 Å². The molecular formula is C18H24N4O2. The standard InChI is InChI=1S/C18H24N4O2/c1-2-24-18(23)21-10-8-16(9-11-21)20-17-12-19-22(14-17)13-15-6-4-3-5-7-15/h3-7,12,14,16,20H,2,8-11,13H2,1H3. The lowest BCUT2D eigenvalue weighted by atomic mass is 10.1. The molecule has 1 aromatic carbocycles. The molecule has 0 radical (unpaired) electrons. The zero-order valence-electron chi connectivity index (χ0n) is 14.0. The monoisotopic (exact) mass is 328 g/mol. The average molecular weight is 328 g/mol. The van der Waals surface area contributed by atoms with Gasteiger partial charge in [0, 0.05) is 25.3 Å². The quantitative estimate of drug-likeness (QED) is 0.917. The van der Waals surface area contributed by atoms with Gasteiger partial charge in [-0.15, -0.1) is 0 Å². The predicted molar refractivity (Wildman–Crippen MR) is 93.0 cm³/mol. The van der Waals surface area contributed by atoms with E-state index in [1.807, 2.05) is 42.2 Å². The highest BCUT2D eigenvalue weighted by Crippen LogP contribution is 2.17. The number of carbonyl (C=O) groups excluding carboxylic acids is 1. The Morgan fingerprint density at radius 3 is 2.75 bits per heavy atom. The van der Waals surface area contributed by atoms with Crippen molar-refractivity contribution >= 4 is 11.8 Å². The second kappa shape index (κ2) is 7.86. The molecule has 128 valence electrons. The molecule has 1 aliphatic rings. The van der Waals surface area contributed by atoms with E-state index in [0.29, 0.717) is 12.6 Å². The van der Waals surface area contributed by atoms with Crippen molar-refractivity contribution in [2.75, 3.05) is 25.0 Å². The van der Waals surface area contributed by atoms with Crippen molar-refractivity contribution in [2.24, 2.45) is 0 Å². The van der Waals surface area contributed by atoms with Crippen LogP contribution in [0.4, 0.5) is 10.5 Å². The second-order valence-corrected chi connectivity index (χ2v) is 6.02. The number of piperidine rings is 1. The lowest BCUT2D eigenvalue weighted by molar-refractivity contribution is 0.0983. The number of ether oxygens (including phenoxy) is 1. The molecule has 2 aromatic rings. The summed E-state index contributed by atoms with van der Waals surface area (Å²) in [7, 11) is 0. The van der Waals surface area contributed by atoms with E-state index in [0.717, 1.165) is 38.2 Å². The van der Waals surface area contributed by atoms with Crippen LogP contribution < -0.4 is 5.32 Å². The molecule has 0 spiro atoms. The van der Waals surface area contributed by atoms with E-state index in [4.69, 9.17) is 4.74 Å². The molecule has 0 unspecified atom stereocenters. The van der Waals surface area contributed by atoms with Crippen molar-refractivity contribution in [1.82, 2.24) is 14.7 Å². The Hall–Kier alpha value is -2.50. The molecule has 0 bridgehead atoms. The Kier molecular flexibility index (Phi) is 5.36. The van der Waals surface area contributed by atoms with Gasteiger partial charge >= 0.3 is 6.09 Å². The van der Waals surface area contributed by atoms with E-state index in [-0.39, 0.29) is 6.09 Å². The molecule has 1 fully saturated rings. The van der Waals surface area contributed by atoms with E-state index >= 15 is 0 Å². The fraction of sp³-hybridized carbons (Fsp3) is 0.444. The lowest BCUT2D eigenvalue weighted by Crippen LogP contribution is -2.42. The summed E-state index contributed by atoms with van der Waals surface area (Å²) in [5.41, 5.74) is 2.26. The van der Waals surface area contributed by atoms with Gasteiger partial charge in [0.15, 0.2) is 0 Å². The number of aromatic nitrogens is 2. The maximum Gasteiger partial charge on any atom is 0.409 e. The van der Waals surface area contributed by atoms with Gasteiger partial charge in [0.2, 0.25) is 0 Å². The van der Waals surface area contributed by atoms with E-state index in [9.17, 15) is 4.79 Å². The first-order valence-electron chi connectivity index (χ1n) is 8.49. The minimum Gasteiger partial charge on any atom is -0.450 e. The van der Waals surface area contributed by atoms with Crippen molar-refractivity contribution in [3.63, 3.8) is 0 Å². The maximum atomic E-state index is 11.7. The molecule has 0 aliphatic carbocycles. The van der Waals surface area contributed by atoms with Crippen LogP contribution in [0.25, 0.3) is 0 Å². The first-order valence-corrected chi connectivity index (χ1v) is 8.49. The van der Waals surface area contributed by atoms with E-state index in [2.05, 4.69) is 22.5 Å². The van der Waals surface area contributed by atoms with Crippen molar-refractivity contribution < 1.29 is 9.53 Å². The minimum absolute atomic E-state index is 0.202. The summed E-state index contributed by atoms with van der Waals surface area (Å²) >= 11 is 0. The smallest absolute Gasteiger partial charge is 0.409 e. The molecule has 0 atom stereocenters. The summed E-state index contributed by atoms with van der Waals surface area (Å²) in [5, 5.41) is 7.93. The first-order chi connectivity index (χ1) is 11.7. The van der Waals surface area contributed by atoms with Gasteiger partial charge in [0.25, 0.3) is 0 Å². The van der Waals surface area contributed by atoms with E-state index in [1.165, 1.54) is 5.56 Å². The van der Waals surface area contributed by atoms with Gasteiger partial charge in [0.05, 0.1) is 25.0 Å². The van der Waals surface area contributed by atoms with Crippen LogP contribution in [0.2, 0.25) is 0 Å². The number of anilines is 1. The molecule has 3 rings (SSSR count). The molecule has 1 amide bonds. The fourth-order valence-corrected chi connectivity index (χ4v) is 2.95.